The normalized spacial score (nSPS) is 10.2. The number of anilines is 1. The third-order valence-electron chi connectivity index (χ3n) is 2.02. The molecule has 0 saturated heterocycles. The maximum absolute atomic E-state index is 5.87. The topological polar surface area (TPSA) is 61.0 Å². The predicted molar refractivity (Wildman–Crippen MR) is 69.9 cm³/mol. The minimum atomic E-state index is 0.139. The molecule has 0 radical (unpaired) electrons. The second-order valence-electron chi connectivity index (χ2n) is 3.30. The van der Waals surface area contributed by atoms with Gasteiger partial charge in [0.1, 0.15) is 11.6 Å². The van der Waals surface area contributed by atoms with Gasteiger partial charge in [0.2, 0.25) is 11.8 Å². The molecule has 6 heteroatoms. The molecule has 0 unspecified atom stereocenters. The van der Waals surface area contributed by atoms with Gasteiger partial charge in [0.25, 0.3) is 0 Å². The molecule has 0 saturated carbocycles. The zero-order valence-corrected chi connectivity index (χ0v) is 11.1. The van der Waals surface area contributed by atoms with E-state index in [1.807, 2.05) is 24.3 Å². The van der Waals surface area contributed by atoms with Crippen molar-refractivity contribution in [2.24, 2.45) is 0 Å². The Morgan fingerprint density at radius 2 is 2.00 bits per heavy atom. The van der Waals surface area contributed by atoms with E-state index in [1.54, 1.807) is 0 Å². The summed E-state index contributed by atoms with van der Waals surface area (Å²) in [5.41, 5.74) is 6.46. The summed E-state index contributed by atoms with van der Waals surface area (Å²) in [6, 6.07) is 7.77. The molecular formula is C11H9BrClN3O. The van der Waals surface area contributed by atoms with Gasteiger partial charge in [0, 0.05) is 4.47 Å². The highest BCUT2D eigenvalue weighted by molar-refractivity contribution is 9.10. The Kier molecular flexibility index (Phi) is 3.81. The summed E-state index contributed by atoms with van der Waals surface area (Å²) in [7, 11) is 0. The lowest BCUT2D eigenvalue weighted by atomic mass is 10.2. The molecule has 2 N–H and O–H groups in total. The first kappa shape index (κ1) is 12.1. The first-order valence-corrected chi connectivity index (χ1v) is 5.97. The van der Waals surface area contributed by atoms with Crippen LogP contribution in [0.1, 0.15) is 5.56 Å². The fourth-order valence-electron chi connectivity index (χ4n) is 1.20. The van der Waals surface area contributed by atoms with Crippen molar-refractivity contribution in [3.8, 4) is 5.88 Å². The number of nitrogen functional groups attached to an aromatic ring is 1. The zero-order chi connectivity index (χ0) is 12.3. The monoisotopic (exact) mass is 313 g/mol. The number of nitrogens with two attached hydrogens (primary N) is 1. The molecule has 0 atom stereocenters. The highest BCUT2D eigenvalue weighted by Crippen LogP contribution is 2.22. The lowest BCUT2D eigenvalue weighted by molar-refractivity contribution is 0.294. The average Bonchev–Trinajstić information content (AvgIpc) is 2.32. The third-order valence-corrected chi connectivity index (χ3v) is 2.81. The highest BCUT2D eigenvalue weighted by Gasteiger charge is 2.05. The summed E-state index contributed by atoms with van der Waals surface area (Å²) in [6.45, 7) is 0.378. The Morgan fingerprint density at radius 3 is 2.71 bits per heavy atom. The Morgan fingerprint density at radius 1 is 1.29 bits per heavy atom. The Labute approximate surface area is 112 Å². The quantitative estimate of drug-likeness (QED) is 0.946. The van der Waals surface area contributed by atoms with E-state index in [2.05, 4.69) is 25.9 Å². The van der Waals surface area contributed by atoms with Gasteiger partial charge in [-0.1, -0.05) is 39.7 Å². The van der Waals surface area contributed by atoms with Crippen molar-refractivity contribution in [3.63, 3.8) is 0 Å². The number of nitrogens with zero attached hydrogens (tertiary/aromatic N) is 2. The zero-order valence-electron chi connectivity index (χ0n) is 8.73. The fourth-order valence-corrected chi connectivity index (χ4v) is 1.61. The summed E-state index contributed by atoms with van der Waals surface area (Å²) < 4.78 is 6.48. The standard InChI is InChI=1S/C11H9BrClN3O/c12-8-3-1-7(2-4-8)6-17-10-9(13)5-15-11(14)16-10/h1-5H,6H2,(H2,14,15,16). The Bertz CT molecular complexity index is 519. The molecule has 88 valence electrons. The minimum absolute atomic E-state index is 0.139. The van der Waals surface area contributed by atoms with Crippen molar-refractivity contribution in [2.45, 2.75) is 6.61 Å². The molecule has 0 bridgehead atoms. The van der Waals surface area contributed by atoms with Crippen LogP contribution < -0.4 is 10.5 Å². The summed E-state index contributed by atoms with van der Waals surface area (Å²) in [5, 5.41) is 0.344. The van der Waals surface area contributed by atoms with E-state index < -0.39 is 0 Å². The number of aromatic nitrogens is 2. The molecule has 0 aliphatic heterocycles. The van der Waals surface area contributed by atoms with Crippen molar-refractivity contribution in [2.75, 3.05) is 5.73 Å². The Balaban J connectivity index is 2.07. The lowest BCUT2D eigenvalue weighted by Gasteiger charge is -2.07. The smallest absolute Gasteiger partial charge is 0.237 e. The molecule has 2 rings (SSSR count). The average molecular weight is 315 g/mol. The van der Waals surface area contributed by atoms with E-state index in [1.165, 1.54) is 6.20 Å². The molecule has 1 aromatic heterocycles. The highest BCUT2D eigenvalue weighted by atomic mass is 79.9. The van der Waals surface area contributed by atoms with E-state index in [-0.39, 0.29) is 5.95 Å². The van der Waals surface area contributed by atoms with Gasteiger partial charge in [-0.3, -0.25) is 0 Å². The summed E-state index contributed by atoms with van der Waals surface area (Å²) in [5.74, 6) is 0.433. The first-order valence-electron chi connectivity index (χ1n) is 4.80. The van der Waals surface area contributed by atoms with Gasteiger partial charge in [0.05, 0.1) is 6.20 Å². The number of rotatable bonds is 3. The van der Waals surface area contributed by atoms with Gasteiger partial charge in [-0.2, -0.15) is 4.98 Å². The van der Waals surface area contributed by atoms with E-state index in [0.29, 0.717) is 17.5 Å². The largest absolute Gasteiger partial charge is 0.472 e. The minimum Gasteiger partial charge on any atom is -0.472 e. The molecule has 17 heavy (non-hydrogen) atoms. The van der Waals surface area contributed by atoms with Gasteiger partial charge < -0.3 is 10.5 Å². The van der Waals surface area contributed by atoms with Crippen molar-refractivity contribution in [1.29, 1.82) is 0 Å². The van der Waals surface area contributed by atoms with E-state index in [9.17, 15) is 0 Å². The summed E-state index contributed by atoms with van der Waals surface area (Å²) >= 11 is 9.24. The van der Waals surface area contributed by atoms with Crippen LogP contribution in [-0.2, 0) is 6.61 Å². The number of halogens is 2. The second kappa shape index (κ2) is 5.33. The van der Waals surface area contributed by atoms with Gasteiger partial charge in [-0.15, -0.1) is 0 Å². The second-order valence-corrected chi connectivity index (χ2v) is 4.62. The van der Waals surface area contributed by atoms with Crippen LogP contribution in [0.5, 0.6) is 5.88 Å². The number of hydrogen-bond acceptors (Lipinski definition) is 4. The van der Waals surface area contributed by atoms with E-state index in [4.69, 9.17) is 22.1 Å². The molecule has 4 nitrogen and oxygen atoms in total. The predicted octanol–water partition coefficient (Wildman–Crippen LogP) is 3.05. The van der Waals surface area contributed by atoms with Gasteiger partial charge >= 0.3 is 0 Å². The van der Waals surface area contributed by atoms with Crippen LogP contribution >= 0.6 is 27.5 Å². The van der Waals surface area contributed by atoms with Crippen LogP contribution in [0.3, 0.4) is 0 Å². The van der Waals surface area contributed by atoms with Crippen LogP contribution in [0.15, 0.2) is 34.9 Å². The van der Waals surface area contributed by atoms with Crippen LogP contribution in [0, 0.1) is 0 Å². The molecular weight excluding hydrogens is 305 g/mol. The number of benzene rings is 1. The van der Waals surface area contributed by atoms with Gasteiger partial charge in [0.15, 0.2) is 0 Å². The molecule has 2 aromatic rings. The SMILES string of the molecule is Nc1ncc(Cl)c(OCc2ccc(Br)cc2)n1. The van der Waals surface area contributed by atoms with Crippen molar-refractivity contribution in [3.05, 3.63) is 45.5 Å². The molecule has 0 spiro atoms. The molecule has 0 fully saturated rings. The van der Waals surface area contributed by atoms with E-state index in [0.717, 1.165) is 10.0 Å². The van der Waals surface area contributed by atoms with Crippen LogP contribution in [0.25, 0.3) is 0 Å². The molecule has 0 aliphatic rings. The molecule has 0 aliphatic carbocycles. The van der Waals surface area contributed by atoms with Gasteiger partial charge in [-0.05, 0) is 17.7 Å². The maximum atomic E-state index is 5.87. The molecule has 1 heterocycles. The van der Waals surface area contributed by atoms with Crippen molar-refractivity contribution < 1.29 is 4.74 Å². The van der Waals surface area contributed by atoms with Gasteiger partial charge in [-0.25, -0.2) is 4.98 Å². The number of ether oxygens (including phenoxy) is 1. The van der Waals surface area contributed by atoms with Crippen molar-refractivity contribution in [1.82, 2.24) is 9.97 Å². The van der Waals surface area contributed by atoms with E-state index >= 15 is 0 Å². The number of hydrogen-bond donors (Lipinski definition) is 1. The molecule has 1 aromatic carbocycles. The first-order chi connectivity index (χ1) is 8.15. The summed E-state index contributed by atoms with van der Waals surface area (Å²) in [6.07, 6.45) is 1.42. The summed E-state index contributed by atoms with van der Waals surface area (Å²) in [4.78, 5) is 7.66. The third kappa shape index (κ3) is 3.31. The fraction of sp³-hybridized carbons (Fsp3) is 0.0909. The Hall–Kier alpha value is -1.33. The van der Waals surface area contributed by atoms with Crippen LogP contribution in [0.2, 0.25) is 5.02 Å². The maximum Gasteiger partial charge on any atom is 0.237 e. The van der Waals surface area contributed by atoms with Crippen LogP contribution in [-0.4, -0.2) is 9.97 Å². The van der Waals surface area contributed by atoms with Crippen LogP contribution in [0.4, 0.5) is 5.95 Å². The molecule has 0 amide bonds. The van der Waals surface area contributed by atoms with Crippen molar-refractivity contribution >= 4 is 33.5 Å². The lowest BCUT2D eigenvalue weighted by Crippen LogP contribution is -2.01.